The number of alkyl halides is 2. The van der Waals surface area contributed by atoms with Crippen LogP contribution in [0.4, 0.5) is 22.4 Å². The van der Waals surface area contributed by atoms with Crippen LogP contribution >= 0.6 is 0 Å². The minimum atomic E-state index is -3.11. The summed E-state index contributed by atoms with van der Waals surface area (Å²) in [6.45, 7) is 2.71. The molecule has 0 saturated heterocycles. The fourth-order valence-electron chi connectivity index (χ4n) is 4.02. The molecule has 14 heteroatoms. The van der Waals surface area contributed by atoms with E-state index in [1.807, 2.05) is 20.8 Å². The Bertz CT molecular complexity index is 1410. The SMILES string of the molecule is CC(C)(C)C[C@H](OC(N)=O)c1oc(-c2ccc(OC(F)F)c(OCCCCN)c2)nc1C(=O)NCc1ccc(F)cc1F. The molecule has 0 unspecified atom stereocenters. The molecule has 3 rings (SSSR count). The first-order chi connectivity index (χ1) is 20.3. The molecule has 0 saturated carbocycles. The molecule has 0 aliphatic carbocycles. The monoisotopic (exact) mass is 610 g/mol. The van der Waals surface area contributed by atoms with Crippen molar-refractivity contribution in [1.82, 2.24) is 10.3 Å². The molecule has 0 radical (unpaired) electrons. The molecule has 2 aromatic carbocycles. The number of halogens is 4. The molecule has 0 bridgehead atoms. The second kappa shape index (κ2) is 14.7. The molecule has 3 aromatic rings. The predicted molar refractivity (Wildman–Crippen MR) is 147 cm³/mol. The van der Waals surface area contributed by atoms with Gasteiger partial charge >= 0.3 is 12.7 Å². The highest BCUT2D eigenvalue weighted by molar-refractivity contribution is 5.94. The van der Waals surface area contributed by atoms with E-state index in [2.05, 4.69) is 15.0 Å². The number of hydrogen-bond donors (Lipinski definition) is 3. The lowest BCUT2D eigenvalue weighted by Gasteiger charge is -2.24. The molecule has 10 nitrogen and oxygen atoms in total. The van der Waals surface area contributed by atoms with Crippen molar-refractivity contribution >= 4 is 12.0 Å². The number of oxazole rings is 1. The minimum absolute atomic E-state index is 0.00527. The Morgan fingerprint density at radius 3 is 2.44 bits per heavy atom. The van der Waals surface area contributed by atoms with Gasteiger partial charge in [-0.05, 0) is 55.5 Å². The number of nitrogens with zero attached hydrogens (tertiary/aromatic N) is 1. The number of hydrogen-bond acceptors (Lipinski definition) is 8. The topological polar surface area (TPSA) is 152 Å². The Hall–Kier alpha value is -4.33. The number of carbonyl (C=O) groups excluding carboxylic acids is 2. The van der Waals surface area contributed by atoms with E-state index in [9.17, 15) is 27.2 Å². The Balaban J connectivity index is 2.04. The molecule has 43 heavy (non-hydrogen) atoms. The maximum atomic E-state index is 14.2. The summed E-state index contributed by atoms with van der Waals surface area (Å²) >= 11 is 0. The summed E-state index contributed by atoms with van der Waals surface area (Å²) in [5.74, 6) is -3.04. The summed E-state index contributed by atoms with van der Waals surface area (Å²) in [4.78, 5) is 29.4. The van der Waals surface area contributed by atoms with Crippen molar-refractivity contribution in [3.63, 3.8) is 0 Å². The van der Waals surface area contributed by atoms with Gasteiger partial charge in [-0.1, -0.05) is 26.8 Å². The zero-order valence-corrected chi connectivity index (χ0v) is 23.9. The number of ether oxygens (including phenoxy) is 3. The minimum Gasteiger partial charge on any atom is -0.490 e. The van der Waals surface area contributed by atoms with E-state index in [1.54, 1.807) is 0 Å². The fourth-order valence-corrected chi connectivity index (χ4v) is 4.02. The van der Waals surface area contributed by atoms with E-state index in [1.165, 1.54) is 24.3 Å². The summed E-state index contributed by atoms with van der Waals surface area (Å²) in [5, 5.41) is 2.50. The third-order valence-corrected chi connectivity index (χ3v) is 5.93. The number of carbonyl (C=O) groups is 2. The maximum Gasteiger partial charge on any atom is 0.405 e. The van der Waals surface area contributed by atoms with Crippen LogP contribution in [0.15, 0.2) is 40.8 Å². The second-order valence-electron chi connectivity index (χ2n) is 10.7. The third kappa shape index (κ3) is 9.87. The third-order valence-electron chi connectivity index (χ3n) is 5.93. The van der Waals surface area contributed by atoms with E-state index in [0.29, 0.717) is 25.5 Å². The summed E-state index contributed by atoms with van der Waals surface area (Å²) in [6, 6.07) is 6.84. The highest BCUT2D eigenvalue weighted by Gasteiger charge is 2.33. The van der Waals surface area contributed by atoms with Crippen LogP contribution in [0.3, 0.4) is 0 Å². The number of benzene rings is 2. The summed E-state index contributed by atoms with van der Waals surface area (Å²) in [5.41, 5.74) is 10.3. The molecule has 1 aromatic heterocycles. The number of aromatic nitrogens is 1. The standard InChI is InChI=1S/C29H34F4N4O6/c1-29(2,3)14-22(42-28(35)39)24-23(25(38)36-15-17-6-8-18(30)13-19(17)31)37-26(43-24)16-7-9-20(41-27(32)33)21(12-16)40-11-5-4-10-34/h6-9,12-13,22,27H,4-5,10-11,14-15,34H2,1-3H3,(H2,35,39)(H,36,38)/t22-/m0/s1. The Morgan fingerprint density at radius 1 is 1.07 bits per heavy atom. The van der Waals surface area contributed by atoms with Crippen LogP contribution in [0.2, 0.25) is 0 Å². The largest absolute Gasteiger partial charge is 0.490 e. The van der Waals surface area contributed by atoms with E-state index >= 15 is 0 Å². The van der Waals surface area contributed by atoms with Gasteiger partial charge in [0.2, 0.25) is 5.89 Å². The lowest BCUT2D eigenvalue weighted by molar-refractivity contribution is -0.0515. The van der Waals surface area contributed by atoms with Crippen molar-refractivity contribution in [1.29, 1.82) is 0 Å². The van der Waals surface area contributed by atoms with Gasteiger partial charge in [0, 0.05) is 23.7 Å². The van der Waals surface area contributed by atoms with E-state index in [0.717, 1.165) is 6.07 Å². The number of nitrogens with two attached hydrogens (primary N) is 2. The zero-order valence-electron chi connectivity index (χ0n) is 23.9. The Kier molecular flexibility index (Phi) is 11.4. The first kappa shape index (κ1) is 33.2. The van der Waals surface area contributed by atoms with Crippen LogP contribution in [0.5, 0.6) is 11.5 Å². The van der Waals surface area contributed by atoms with Gasteiger partial charge in [-0.25, -0.2) is 18.6 Å². The molecule has 5 N–H and O–H groups in total. The van der Waals surface area contributed by atoms with Crippen molar-refractivity contribution in [2.45, 2.75) is 59.3 Å². The average molecular weight is 611 g/mol. The molecule has 1 atom stereocenters. The van der Waals surface area contributed by atoms with Crippen LogP contribution in [-0.2, 0) is 11.3 Å². The van der Waals surface area contributed by atoms with Gasteiger partial charge in [-0.15, -0.1) is 0 Å². The summed E-state index contributed by atoms with van der Waals surface area (Å²) in [7, 11) is 0. The summed E-state index contributed by atoms with van der Waals surface area (Å²) in [6.07, 6.45) is -0.934. The molecule has 0 spiro atoms. The molecule has 2 amide bonds. The molecule has 0 aliphatic heterocycles. The lowest BCUT2D eigenvalue weighted by Crippen LogP contribution is -2.27. The molecule has 0 aliphatic rings. The number of amides is 2. The average Bonchev–Trinajstić information content (AvgIpc) is 3.35. The highest BCUT2D eigenvalue weighted by atomic mass is 19.3. The van der Waals surface area contributed by atoms with Crippen LogP contribution in [0.1, 0.15) is 67.9 Å². The first-order valence-corrected chi connectivity index (χ1v) is 13.4. The van der Waals surface area contributed by atoms with Gasteiger partial charge in [0.15, 0.2) is 29.1 Å². The molecular weight excluding hydrogens is 576 g/mol. The fraction of sp³-hybridized carbons (Fsp3) is 0.414. The lowest BCUT2D eigenvalue weighted by atomic mass is 9.88. The van der Waals surface area contributed by atoms with Crippen LogP contribution in [0, 0.1) is 17.0 Å². The van der Waals surface area contributed by atoms with Crippen molar-refractivity contribution < 1.29 is 45.8 Å². The number of rotatable bonds is 14. The normalized spacial score (nSPS) is 12.2. The zero-order chi connectivity index (χ0) is 31.7. The smallest absolute Gasteiger partial charge is 0.405 e. The van der Waals surface area contributed by atoms with Crippen LogP contribution in [0.25, 0.3) is 11.5 Å². The maximum absolute atomic E-state index is 14.2. The summed E-state index contributed by atoms with van der Waals surface area (Å²) < 4.78 is 75.0. The van der Waals surface area contributed by atoms with E-state index < -0.39 is 41.8 Å². The highest BCUT2D eigenvalue weighted by Crippen LogP contribution is 2.38. The Labute approximate surface area is 245 Å². The van der Waals surface area contributed by atoms with Gasteiger partial charge < -0.3 is 35.4 Å². The van der Waals surface area contributed by atoms with Crippen molar-refractivity contribution in [2.75, 3.05) is 13.2 Å². The van der Waals surface area contributed by atoms with Crippen molar-refractivity contribution in [3.8, 4) is 23.0 Å². The van der Waals surface area contributed by atoms with Crippen molar-refractivity contribution in [3.05, 3.63) is 65.1 Å². The second-order valence-corrected chi connectivity index (χ2v) is 10.7. The molecule has 234 valence electrons. The van der Waals surface area contributed by atoms with Crippen molar-refractivity contribution in [2.24, 2.45) is 16.9 Å². The number of nitrogens with one attached hydrogen (secondary N) is 1. The molecule has 1 heterocycles. The van der Waals surface area contributed by atoms with Gasteiger partial charge in [0.05, 0.1) is 6.61 Å². The number of unbranched alkanes of at least 4 members (excludes halogenated alkanes) is 1. The molecular formula is C29H34F4N4O6. The van der Waals surface area contributed by atoms with Gasteiger partial charge in [-0.3, -0.25) is 4.79 Å². The quantitative estimate of drug-likeness (QED) is 0.152. The van der Waals surface area contributed by atoms with Crippen LogP contribution < -0.4 is 26.3 Å². The van der Waals surface area contributed by atoms with Gasteiger partial charge in [0.1, 0.15) is 11.6 Å². The predicted octanol–water partition coefficient (Wildman–Crippen LogP) is 5.84. The molecule has 0 fully saturated rings. The van der Waals surface area contributed by atoms with Gasteiger partial charge in [-0.2, -0.15) is 8.78 Å². The van der Waals surface area contributed by atoms with Crippen LogP contribution in [-0.4, -0.2) is 36.7 Å². The number of primary amides is 1. The van der Waals surface area contributed by atoms with E-state index in [-0.39, 0.29) is 59.5 Å². The first-order valence-electron chi connectivity index (χ1n) is 13.4. The van der Waals surface area contributed by atoms with E-state index in [4.69, 9.17) is 25.4 Å². The van der Waals surface area contributed by atoms with Gasteiger partial charge in [0.25, 0.3) is 5.91 Å². The Morgan fingerprint density at radius 2 is 1.81 bits per heavy atom.